The Balaban J connectivity index is 0.000000132. The van der Waals surface area contributed by atoms with E-state index in [-0.39, 0.29) is 25.8 Å². The van der Waals surface area contributed by atoms with Crippen molar-refractivity contribution in [2.24, 2.45) is 0 Å². The molecule has 12 heteroatoms. The second-order valence-corrected chi connectivity index (χ2v) is 12.1. The van der Waals surface area contributed by atoms with Crippen molar-refractivity contribution >= 4 is 60.4 Å². The predicted octanol–water partition coefficient (Wildman–Crippen LogP) is 8.70. The van der Waals surface area contributed by atoms with Gasteiger partial charge in [0.1, 0.15) is 22.1 Å². The van der Waals surface area contributed by atoms with Gasteiger partial charge in [0.15, 0.2) is 5.69 Å². The molecule has 0 aliphatic rings. The van der Waals surface area contributed by atoms with Gasteiger partial charge in [-0.15, -0.1) is 24.3 Å². The average Bonchev–Trinajstić information content (AvgIpc) is 3.88. The Hall–Kier alpha value is -7.01. The van der Waals surface area contributed by atoms with E-state index in [0.29, 0.717) is 5.39 Å². The Morgan fingerprint density at radius 1 is 0.536 bits per heavy atom. The SMILES string of the molecule is COc1c[c-]c(-n2nc3ccccc3n2)c2ccccc12.COc1c[c-]c(-n2nc3ccccc3n2)c2ccccc12.O=C(O)c1nccc2ccccc12.[Ir]. The average molecular weight is 914 g/mol. The Morgan fingerprint density at radius 2 is 0.911 bits per heavy atom. The molecule has 11 nitrogen and oxygen atoms in total. The van der Waals surface area contributed by atoms with E-state index >= 15 is 0 Å². The second kappa shape index (κ2) is 16.6. The molecule has 3 heterocycles. The molecule has 56 heavy (non-hydrogen) atoms. The number of fused-ring (bicyclic) bond motifs is 5. The standard InChI is InChI=1S/2C17H12N3O.C10H7NO2.Ir/c2*1-21-17-11-10-16(12-6-2-3-7-13(12)17)20-18-14-8-4-5-9-15(14)19-20;12-10(13)9-8-4-2-1-3-7(8)5-6-11-9;/h2*2-9,11H,1H3;1-6H,(H,12,13);/q2*-1;;. The first kappa shape index (κ1) is 37.3. The quantitative estimate of drug-likeness (QED) is 0.169. The fraction of sp³-hybridized carbons (Fsp3) is 0.0455. The molecule has 0 saturated heterocycles. The molecule has 10 rings (SSSR count). The first-order chi connectivity index (χ1) is 27.0. The van der Waals surface area contributed by atoms with E-state index in [2.05, 4.69) is 37.5 Å². The van der Waals surface area contributed by atoms with Crippen molar-refractivity contribution in [1.29, 1.82) is 0 Å². The van der Waals surface area contributed by atoms with Crippen LogP contribution in [0.1, 0.15) is 10.5 Å². The van der Waals surface area contributed by atoms with E-state index in [1.165, 1.54) is 6.20 Å². The summed E-state index contributed by atoms with van der Waals surface area (Å²) < 4.78 is 10.8. The maximum Gasteiger partial charge on any atom is 0.355 e. The number of carboxylic acid groups (broad SMARTS) is 1. The number of methoxy groups -OCH3 is 2. The molecule has 0 unspecified atom stereocenters. The Kier molecular flexibility index (Phi) is 11.0. The molecule has 0 saturated carbocycles. The van der Waals surface area contributed by atoms with Crippen LogP contribution in [-0.2, 0) is 20.1 Å². The van der Waals surface area contributed by atoms with E-state index in [1.54, 1.807) is 42.0 Å². The van der Waals surface area contributed by atoms with Crippen molar-refractivity contribution in [3.05, 3.63) is 164 Å². The van der Waals surface area contributed by atoms with E-state index in [0.717, 1.165) is 71.9 Å². The number of carboxylic acids is 1. The van der Waals surface area contributed by atoms with Gasteiger partial charge in [-0.25, -0.2) is 9.78 Å². The fourth-order valence-corrected chi connectivity index (χ4v) is 6.27. The van der Waals surface area contributed by atoms with Crippen molar-refractivity contribution in [3.8, 4) is 22.9 Å². The van der Waals surface area contributed by atoms with Crippen LogP contribution < -0.4 is 9.47 Å². The number of aromatic nitrogens is 7. The van der Waals surface area contributed by atoms with Crippen LogP contribution in [0.4, 0.5) is 0 Å². The molecular weight excluding hydrogens is 883 g/mol. The summed E-state index contributed by atoms with van der Waals surface area (Å²) in [5, 5.41) is 32.6. The summed E-state index contributed by atoms with van der Waals surface area (Å²) in [6.45, 7) is 0. The molecule has 0 amide bonds. The van der Waals surface area contributed by atoms with Crippen LogP contribution in [0, 0.1) is 12.1 Å². The number of ether oxygens (including phenoxy) is 2. The van der Waals surface area contributed by atoms with Crippen LogP contribution >= 0.6 is 0 Å². The van der Waals surface area contributed by atoms with E-state index < -0.39 is 5.97 Å². The molecule has 0 bridgehead atoms. The monoisotopic (exact) mass is 914 g/mol. The summed E-state index contributed by atoms with van der Waals surface area (Å²) in [6, 6.07) is 50.8. The first-order valence-corrected chi connectivity index (χ1v) is 17.2. The number of hydrogen-bond acceptors (Lipinski definition) is 8. The van der Waals surface area contributed by atoms with Crippen molar-refractivity contribution in [2.45, 2.75) is 0 Å². The minimum absolute atomic E-state index is 0. The minimum Gasteiger partial charge on any atom is -0.554 e. The Bertz CT molecular complexity index is 2750. The van der Waals surface area contributed by atoms with Gasteiger partial charge in [0.05, 0.1) is 14.2 Å². The van der Waals surface area contributed by atoms with Crippen LogP contribution in [0.3, 0.4) is 0 Å². The number of carbonyl (C=O) groups is 1. The van der Waals surface area contributed by atoms with Gasteiger partial charge in [0, 0.05) is 43.2 Å². The van der Waals surface area contributed by atoms with E-state index in [9.17, 15) is 4.79 Å². The molecule has 0 fully saturated rings. The molecular formula is C44H31IrN7O4-2. The largest absolute Gasteiger partial charge is 0.554 e. The molecule has 0 spiro atoms. The van der Waals surface area contributed by atoms with Crippen molar-refractivity contribution in [1.82, 2.24) is 35.0 Å². The number of nitrogens with zero attached hydrogens (tertiary/aromatic N) is 7. The van der Waals surface area contributed by atoms with Crippen LogP contribution in [-0.4, -0.2) is 60.3 Å². The molecule has 0 aliphatic carbocycles. The summed E-state index contributed by atoms with van der Waals surface area (Å²) in [5.74, 6) is 0.605. The number of hydrogen-bond donors (Lipinski definition) is 1. The third-order valence-electron chi connectivity index (χ3n) is 8.86. The third-order valence-corrected chi connectivity index (χ3v) is 8.86. The van der Waals surface area contributed by atoms with Gasteiger partial charge in [-0.3, -0.25) is 0 Å². The molecule has 10 aromatic rings. The predicted molar refractivity (Wildman–Crippen MR) is 212 cm³/mol. The van der Waals surface area contributed by atoms with Gasteiger partial charge in [-0.2, -0.15) is 42.1 Å². The molecule has 1 radical (unpaired) electrons. The fourth-order valence-electron chi connectivity index (χ4n) is 6.27. The zero-order valence-electron chi connectivity index (χ0n) is 30.0. The van der Waals surface area contributed by atoms with Gasteiger partial charge in [-0.05, 0) is 47.1 Å². The maximum atomic E-state index is 10.8. The van der Waals surface area contributed by atoms with Crippen molar-refractivity contribution < 1.29 is 39.5 Å². The molecule has 0 aliphatic heterocycles. The second-order valence-electron chi connectivity index (χ2n) is 12.1. The smallest absolute Gasteiger partial charge is 0.355 e. The molecule has 1 N–H and O–H groups in total. The van der Waals surface area contributed by atoms with Gasteiger partial charge in [0.2, 0.25) is 0 Å². The summed E-state index contributed by atoms with van der Waals surface area (Å²) in [6.07, 6.45) is 1.51. The van der Waals surface area contributed by atoms with E-state index in [4.69, 9.17) is 14.6 Å². The maximum absolute atomic E-state index is 10.8. The Morgan fingerprint density at radius 3 is 1.32 bits per heavy atom. The summed E-state index contributed by atoms with van der Waals surface area (Å²) in [5.41, 5.74) is 5.22. The van der Waals surface area contributed by atoms with Crippen molar-refractivity contribution in [3.63, 3.8) is 0 Å². The number of rotatable bonds is 5. The van der Waals surface area contributed by atoms with Crippen LogP contribution in [0.2, 0.25) is 0 Å². The van der Waals surface area contributed by atoms with Crippen LogP contribution in [0.5, 0.6) is 11.5 Å². The van der Waals surface area contributed by atoms with E-state index in [1.807, 2.05) is 121 Å². The zero-order chi connectivity index (χ0) is 37.7. The first-order valence-electron chi connectivity index (χ1n) is 17.2. The minimum atomic E-state index is -0.989. The summed E-state index contributed by atoms with van der Waals surface area (Å²) >= 11 is 0. The van der Waals surface area contributed by atoms with Crippen molar-refractivity contribution in [2.75, 3.05) is 14.2 Å². The summed E-state index contributed by atoms with van der Waals surface area (Å²) in [7, 11) is 3.32. The molecule has 3 aromatic heterocycles. The van der Waals surface area contributed by atoms with Gasteiger partial charge in [0.25, 0.3) is 0 Å². The van der Waals surface area contributed by atoms with Crippen LogP contribution in [0.25, 0.3) is 65.8 Å². The Labute approximate surface area is 334 Å². The molecule has 277 valence electrons. The number of benzene rings is 7. The molecule has 7 aromatic carbocycles. The normalized spacial score (nSPS) is 10.7. The number of pyridine rings is 1. The summed E-state index contributed by atoms with van der Waals surface area (Å²) in [4.78, 5) is 17.8. The number of aromatic carboxylic acids is 1. The van der Waals surface area contributed by atoms with Gasteiger partial charge in [-0.1, -0.05) is 106 Å². The zero-order valence-corrected chi connectivity index (χ0v) is 32.4. The topological polar surface area (TPSA) is 130 Å². The molecule has 0 atom stereocenters. The van der Waals surface area contributed by atoms with Gasteiger partial charge >= 0.3 is 5.97 Å². The van der Waals surface area contributed by atoms with Gasteiger partial charge < -0.3 is 14.6 Å². The van der Waals surface area contributed by atoms with Crippen LogP contribution in [0.15, 0.2) is 146 Å². The third kappa shape index (κ3) is 7.39.